The highest BCUT2D eigenvalue weighted by atomic mass is 16.1. The number of hydrogen-bond donors (Lipinski definition) is 2. The van der Waals surface area contributed by atoms with E-state index < -0.39 is 5.91 Å². The van der Waals surface area contributed by atoms with Gasteiger partial charge in [0.2, 0.25) is 5.91 Å². The fourth-order valence-corrected chi connectivity index (χ4v) is 2.89. The summed E-state index contributed by atoms with van der Waals surface area (Å²) >= 11 is 0. The van der Waals surface area contributed by atoms with E-state index in [2.05, 4.69) is 53.8 Å². The van der Waals surface area contributed by atoms with Gasteiger partial charge in [-0.1, -0.05) is 60.7 Å². The van der Waals surface area contributed by atoms with E-state index in [1.54, 1.807) is 6.07 Å². The van der Waals surface area contributed by atoms with Gasteiger partial charge >= 0.3 is 0 Å². The van der Waals surface area contributed by atoms with Crippen LogP contribution < -0.4 is 11.1 Å². The number of benzene rings is 3. The average Bonchev–Trinajstić information content (AvgIpc) is 2.63. The molecular weight excluding hydrogens is 308 g/mol. The number of primary amides is 1. The fraction of sp³-hybridized carbons (Fsp3) is 0.136. The lowest BCUT2D eigenvalue weighted by Gasteiger charge is -2.09. The normalized spacial score (nSPS) is 10.6. The maximum Gasteiger partial charge on any atom is 0.248 e. The Labute approximate surface area is 148 Å². The molecule has 0 fully saturated rings. The molecule has 0 aromatic heterocycles. The molecule has 0 unspecified atom stereocenters. The lowest BCUT2D eigenvalue weighted by Crippen LogP contribution is -2.12. The molecule has 126 valence electrons. The summed E-state index contributed by atoms with van der Waals surface area (Å²) in [5, 5.41) is 3.46. The van der Waals surface area contributed by atoms with Crippen molar-refractivity contribution in [2.24, 2.45) is 5.73 Å². The first-order valence-electron chi connectivity index (χ1n) is 8.38. The van der Waals surface area contributed by atoms with Gasteiger partial charge in [-0.3, -0.25) is 4.79 Å². The molecule has 3 nitrogen and oxygen atoms in total. The molecule has 0 aliphatic heterocycles. The number of aryl methyl sites for hydroxylation is 1. The monoisotopic (exact) mass is 330 g/mol. The van der Waals surface area contributed by atoms with Crippen LogP contribution in [0.2, 0.25) is 0 Å². The maximum atomic E-state index is 11.3. The predicted octanol–water partition coefficient (Wildman–Crippen LogP) is 4.05. The zero-order valence-corrected chi connectivity index (χ0v) is 14.3. The highest BCUT2D eigenvalue weighted by Gasteiger charge is 2.06. The zero-order chi connectivity index (χ0) is 17.6. The van der Waals surface area contributed by atoms with Crippen LogP contribution >= 0.6 is 0 Å². The zero-order valence-electron chi connectivity index (χ0n) is 14.3. The van der Waals surface area contributed by atoms with Gasteiger partial charge in [-0.25, -0.2) is 0 Å². The minimum Gasteiger partial charge on any atom is -0.366 e. The van der Waals surface area contributed by atoms with Crippen molar-refractivity contribution in [3.63, 3.8) is 0 Å². The van der Waals surface area contributed by atoms with Gasteiger partial charge in [0.25, 0.3) is 0 Å². The van der Waals surface area contributed by atoms with Crippen LogP contribution in [0.15, 0.2) is 72.8 Å². The summed E-state index contributed by atoms with van der Waals surface area (Å²) in [6.07, 6.45) is 0. The van der Waals surface area contributed by atoms with Crippen LogP contribution in [0.4, 0.5) is 0 Å². The Morgan fingerprint density at radius 1 is 0.880 bits per heavy atom. The second kappa shape index (κ2) is 7.77. The number of nitrogens with one attached hydrogen (secondary N) is 1. The highest BCUT2D eigenvalue weighted by molar-refractivity contribution is 5.93. The minimum absolute atomic E-state index is 0.394. The largest absolute Gasteiger partial charge is 0.366 e. The molecule has 3 rings (SSSR count). The number of hydrogen-bond acceptors (Lipinski definition) is 2. The van der Waals surface area contributed by atoms with Gasteiger partial charge in [-0.05, 0) is 46.9 Å². The topological polar surface area (TPSA) is 55.1 Å². The van der Waals surface area contributed by atoms with Crippen LogP contribution in [-0.4, -0.2) is 5.91 Å². The molecule has 0 spiro atoms. The van der Waals surface area contributed by atoms with E-state index in [0.29, 0.717) is 5.56 Å². The van der Waals surface area contributed by atoms with Crippen LogP contribution in [0.5, 0.6) is 0 Å². The molecule has 0 aliphatic rings. The first kappa shape index (κ1) is 16.9. The number of rotatable bonds is 6. The van der Waals surface area contributed by atoms with E-state index in [1.807, 2.05) is 25.1 Å². The van der Waals surface area contributed by atoms with Gasteiger partial charge in [-0.15, -0.1) is 0 Å². The van der Waals surface area contributed by atoms with Crippen molar-refractivity contribution in [1.82, 2.24) is 5.32 Å². The molecular formula is C22H22N2O. The third kappa shape index (κ3) is 4.34. The third-order valence-electron chi connectivity index (χ3n) is 4.28. The van der Waals surface area contributed by atoms with Crippen molar-refractivity contribution in [1.29, 1.82) is 0 Å². The van der Waals surface area contributed by atoms with Crippen LogP contribution in [0.25, 0.3) is 11.1 Å². The molecule has 0 aliphatic carbocycles. The number of nitrogens with two attached hydrogens (primary N) is 1. The summed E-state index contributed by atoms with van der Waals surface area (Å²) < 4.78 is 0. The van der Waals surface area contributed by atoms with Crippen LogP contribution in [0.3, 0.4) is 0 Å². The summed E-state index contributed by atoms with van der Waals surface area (Å²) in [4.78, 5) is 11.3. The van der Waals surface area contributed by atoms with Gasteiger partial charge in [0.1, 0.15) is 0 Å². The SMILES string of the molecule is Cc1cc(C(N)=O)ccc1-c1ccc(CNCc2ccccc2)cc1. The summed E-state index contributed by atoms with van der Waals surface area (Å²) in [6, 6.07) is 24.4. The molecule has 3 aromatic rings. The molecule has 3 heteroatoms. The summed E-state index contributed by atoms with van der Waals surface area (Å²) in [5.74, 6) is -0.394. The molecule has 3 aromatic carbocycles. The fourth-order valence-electron chi connectivity index (χ4n) is 2.89. The van der Waals surface area contributed by atoms with E-state index in [1.165, 1.54) is 11.1 Å². The third-order valence-corrected chi connectivity index (χ3v) is 4.28. The molecule has 0 atom stereocenters. The van der Waals surface area contributed by atoms with Gasteiger partial charge < -0.3 is 11.1 Å². The molecule has 0 radical (unpaired) electrons. The first-order valence-corrected chi connectivity index (χ1v) is 8.38. The molecule has 0 saturated carbocycles. The van der Waals surface area contributed by atoms with E-state index in [9.17, 15) is 4.79 Å². The first-order chi connectivity index (χ1) is 12.1. The summed E-state index contributed by atoms with van der Waals surface area (Å²) in [5.41, 5.74) is 11.7. The second-order valence-corrected chi connectivity index (χ2v) is 6.18. The minimum atomic E-state index is -0.394. The molecule has 25 heavy (non-hydrogen) atoms. The van der Waals surface area contributed by atoms with E-state index in [4.69, 9.17) is 5.73 Å². The quantitative estimate of drug-likeness (QED) is 0.716. The molecule has 0 saturated heterocycles. The van der Waals surface area contributed by atoms with Crippen LogP contribution in [0, 0.1) is 6.92 Å². The Hall–Kier alpha value is -2.91. The number of carbonyl (C=O) groups excluding carboxylic acids is 1. The Balaban J connectivity index is 1.65. The molecule has 0 bridgehead atoms. The summed E-state index contributed by atoms with van der Waals surface area (Å²) in [6.45, 7) is 3.68. The van der Waals surface area contributed by atoms with Crippen LogP contribution in [0.1, 0.15) is 27.0 Å². The van der Waals surface area contributed by atoms with E-state index >= 15 is 0 Å². The highest BCUT2D eigenvalue weighted by Crippen LogP contribution is 2.24. The van der Waals surface area contributed by atoms with Crippen molar-refractivity contribution in [2.45, 2.75) is 20.0 Å². The Kier molecular flexibility index (Phi) is 5.26. The predicted molar refractivity (Wildman–Crippen MR) is 102 cm³/mol. The van der Waals surface area contributed by atoms with Crippen molar-refractivity contribution in [3.05, 3.63) is 95.1 Å². The number of carbonyl (C=O) groups is 1. The van der Waals surface area contributed by atoms with Gasteiger partial charge in [0.15, 0.2) is 0 Å². The van der Waals surface area contributed by atoms with Crippen molar-refractivity contribution in [3.8, 4) is 11.1 Å². The maximum absolute atomic E-state index is 11.3. The standard InChI is InChI=1S/C22H22N2O/c1-16-13-20(22(23)25)11-12-21(16)19-9-7-18(8-10-19)15-24-14-17-5-3-2-4-6-17/h2-13,24H,14-15H2,1H3,(H2,23,25). The number of amides is 1. The smallest absolute Gasteiger partial charge is 0.248 e. The van der Waals surface area contributed by atoms with E-state index in [0.717, 1.165) is 29.8 Å². The second-order valence-electron chi connectivity index (χ2n) is 6.18. The van der Waals surface area contributed by atoms with Crippen LogP contribution in [-0.2, 0) is 13.1 Å². The molecule has 0 heterocycles. The van der Waals surface area contributed by atoms with Crippen molar-refractivity contribution < 1.29 is 4.79 Å². The Bertz CT molecular complexity index is 855. The Morgan fingerprint density at radius 2 is 1.52 bits per heavy atom. The van der Waals surface area contributed by atoms with Crippen molar-refractivity contribution in [2.75, 3.05) is 0 Å². The van der Waals surface area contributed by atoms with Gasteiger partial charge in [0.05, 0.1) is 0 Å². The summed E-state index contributed by atoms with van der Waals surface area (Å²) in [7, 11) is 0. The lowest BCUT2D eigenvalue weighted by atomic mass is 9.97. The van der Waals surface area contributed by atoms with Gasteiger partial charge in [0, 0.05) is 18.7 Å². The Morgan fingerprint density at radius 3 is 2.12 bits per heavy atom. The van der Waals surface area contributed by atoms with E-state index in [-0.39, 0.29) is 0 Å². The van der Waals surface area contributed by atoms with Crippen molar-refractivity contribution >= 4 is 5.91 Å². The molecule has 1 amide bonds. The average molecular weight is 330 g/mol. The van der Waals surface area contributed by atoms with Gasteiger partial charge in [-0.2, -0.15) is 0 Å². The molecule has 3 N–H and O–H groups in total. The lowest BCUT2D eigenvalue weighted by molar-refractivity contribution is 0.1000.